The van der Waals surface area contributed by atoms with Crippen LogP contribution in [0.25, 0.3) is 0 Å². The van der Waals surface area contributed by atoms with Crippen LogP contribution in [0.1, 0.15) is 188 Å². The summed E-state index contributed by atoms with van der Waals surface area (Å²) >= 11 is 0. The van der Waals surface area contributed by atoms with Crippen molar-refractivity contribution in [1.29, 1.82) is 0 Å². The molecule has 0 saturated carbocycles. The van der Waals surface area contributed by atoms with E-state index in [0.29, 0.717) is 19.3 Å². The van der Waals surface area contributed by atoms with E-state index in [2.05, 4.69) is 167 Å². The number of ether oxygens (including phenoxy) is 3. The Bertz CT molecular complexity index is 1570. The molecule has 0 N–H and O–H groups in total. The maximum Gasteiger partial charge on any atom is 0.306 e. The Morgan fingerprint density at radius 3 is 0.955 bits per heavy atom. The van der Waals surface area contributed by atoms with Crippen LogP contribution in [-0.2, 0) is 28.6 Å². The normalized spacial score (nSPS) is 13.4. The van der Waals surface area contributed by atoms with E-state index < -0.39 is 6.10 Å². The van der Waals surface area contributed by atoms with Crippen LogP contribution in [0, 0.1) is 0 Å². The first-order valence-corrected chi connectivity index (χ1v) is 26.0. The molecule has 0 radical (unpaired) electrons. The predicted octanol–water partition coefficient (Wildman–Crippen LogP) is 17.4. The van der Waals surface area contributed by atoms with Crippen LogP contribution in [0.5, 0.6) is 0 Å². The summed E-state index contributed by atoms with van der Waals surface area (Å²) in [6.45, 7) is 6.15. The summed E-state index contributed by atoms with van der Waals surface area (Å²) < 4.78 is 16.7. The quantitative estimate of drug-likeness (QED) is 0.0262. The van der Waals surface area contributed by atoms with Gasteiger partial charge in [0.1, 0.15) is 13.2 Å². The van der Waals surface area contributed by atoms with Gasteiger partial charge in [0.15, 0.2) is 6.10 Å². The molecule has 0 fully saturated rings. The summed E-state index contributed by atoms with van der Waals surface area (Å²) in [7, 11) is 0. The van der Waals surface area contributed by atoms with E-state index >= 15 is 0 Å². The zero-order chi connectivity index (χ0) is 48.6. The minimum atomic E-state index is -0.845. The molecule has 0 bridgehead atoms. The lowest BCUT2D eigenvalue weighted by Gasteiger charge is -2.18. The molecule has 0 aromatic heterocycles. The van der Waals surface area contributed by atoms with Gasteiger partial charge in [-0.25, -0.2) is 0 Å². The van der Waals surface area contributed by atoms with Crippen LogP contribution >= 0.6 is 0 Å². The van der Waals surface area contributed by atoms with E-state index in [1.165, 1.54) is 0 Å². The van der Waals surface area contributed by atoms with Gasteiger partial charge in [0, 0.05) is 19.3 Å². The fraction of sp³-hybridized carbons (Fsp3) is 0.525. The molecule has 0 heterocycles. The summed E-state index contributed by atoms with van der Waals surface area (Å²) in [5.41, 5.74) is 0. The van der Waals surface area contributed by atoms with Gasteiger partial charge in [-0.2, -0.15) is 0 Å². The molecule has 6 nitrogen and oxygen atoms in total. The summed E-state index contributed by atoms with van der Waals surface area (Å²) in [5, 5.41) is 0. The van der Waals surface area contributed by atoms with Gasteiger partial charge < -0.3 is 14.2 Å². The highest BCUT2D eigenvalue weighted by Gasteiger charge is 2.19. The second kappa shape index (κ2) is 53.6. The smallest absolute Gasteiger partial charge is 0.306 e. The third-order valence-corrected chi connectivity index (χ3v) is 10.0. The van der Waals surface area contributed by atoms with E-state index in [-0.39, 0.29) is 44.0 Å². The van der Waals surface area contributed by atoms with Crippen molar-refractivity contribution in [2.75, 3.05) is 13.2 Å². The number of esters is 3. The topological polar surface area (TPSA) is 78.9 Å². The minimum Gasteiger partial charge on any atom is -0.462 e. The molecule has 0 aliphatic heterocycles. The highest BCUT2D eigenvalue weighted by Crippen LogP contribution is 2.11. The molecule has 372 valence electrons. The van der Waals surface area contributed by atoms with E-state index in [0.717, 1.165) is 135 Å². The predicted molar refractivity (Wildman–Crippen MR) is 288 cm³/mol. The Hall–Kier alpha value is -4.97. The zero-order valence-electron chi connectivity index (χ0n) is 42.3. The molecule has 0 spiro atoms. The van der Waals surface area contributed by atoms with Crippen molar-refractivity contribution < 1.29 is 28.6 Å². The van der Waals surface area contributed by atoms with Crippen molar-refractivity contribution in [3.05, 3.63) is 158 Å². The van der Waals surface area contributed by atoms with Gasteiger partial charge in [-0.3, -0.25) is 14.4 Å². The van der Waals surface area contributed by atoms with Gasteiger partial charge in [0.25, 0.3) is 0 Å². The highest BCUT2D eigenvalue weighted by atomic mass is 16.6. The molecule has 0 amide bonds. The van der Waals surface area contributed by atoms with Crippen molar-refractivity contribution in [3.63, 3.8) is 0 Å². The second-order valence-corrected chi connectivity index (χ2v) is 16.3. The molecular weight excluding hydrogens is 829 g/mol. The lowest BCUT2D eigenvalue weighted by atomic mass is 10.1. The third-order valence-electron chi connectivity index (χ3n) is 10.0. The van der Waals surface area contributed by atoms with E-state index in [1.807, 2.05) is 12.2 Å². The monoisotopic (exact) mass is 921 g/mol. The third kappa shape index (κ3) is 51.9. The lowest BCUT2D eigenvalue weighted by Crippen LogP contribution is -2.30. The summed E-state index contributed by atoms with van der Waals surface area (Å²) in [4.78, 5) is 38.0. The molecule has 0 aromatic carbocycles. The summed E-state index contributed by atoms with van der Waals surface area (Å²) in [6, 6.07) is 0. The van der Waals surface area contributed by atoms with Crippen LogP contribution in [0.4, 0.5) is 0 Å². The molecule has 0 aliphatic carbocycles. The Kier molecular flexibility index (Phi) is 49.7. The number of rotatable bonds is 44. The first kappa shape index (κ1) is 62.0. The number of hydrogen-bond donors (Lipinski definition) is 0. The van der Waals surface area contributed by atoms with Crippen molar-refractivity contribution in [3.8, 4) is 0 Å². The van der Waals surface area contributed by atoms with E-state index in [9.17, 15) is 14.4 Å². The minimum absolute atomic E-state index is 0.135. The van der Waals surface area contributed by atoms with E-state index in [1.54, 1.807) is 0 Å². The van der Waals surface area contributed by atoms with Crippen LogP contribution in [0.3, 0.4) is 0 Å². The Labute approximate surface area is 409 Å². The fourth-order valence-corrected chi connectivity index (χ4v) is 6.24. The van der Waals surface area contributed by atoms with Gasteiger partial charge in [-0.05, 0) is 128 Å². The fourth-order valence-electron chi connectivity index (χ4n) is 6.24. The van der Waals surface area contributed by atoms with Crippen molar-refractivity contribution in [2.24, 2.45) is 0 Å². The molecule has 0 aliphatic rings. The lowest BCUT2D eigenvalue weighted by molar-refractivity contribution is -0.166. The number of hydrogen-bond acceptors (Lipinski definition) is 6. The van der Waals surface area contributed by atoms with Gasteiger partial charge in [-0.15, -0.1) is 0 Å². The maximum absolute atomic E-state index is 12.8. The van der Waals surface area contributed by atoms with Crippen molar-refractivity contribution in [1.82, 2.24) is 0 Å². The molecule has 1 atom stereocenters. The van der Waals surface area contributed by atoms with E-state index in [4.69, 9.17) is 14.2 Å². The zero-order valence-corrected chi connectivity index (χ0v) is 42.3. The van der Waals surface area contributed by atoms with Gasteiger partial charge >= 0.3 is 17.9 Å². The van der Waals surface area contributed by atoms with Crippen molar-refractivity contribution in [2.45, 2.75) is 194 Å². The molecule has 0 saturated heterocycles. The van der Waals surface area contributed by atoms with Gasteiger partial charge in [0.05, 0.1) is 0 Å². The molecule has 6 heteroatoms. The average molecular weight is 921 g/mol. The second-order valence-electron chi connectivity index (χ2n) is 16.3. The molecule has 0 rings (SSSR count). The maximum atomic E-state index is 12.8. The molecule has 1 unspecified atom stereocenters. The van der Waals surface area contributed by atoms with Gasteiger partial charge in [-0.1, -0.05) is 198 Å². The Morgan fingerprint density at radius 1 is 0.299 bits per heavy atom. The van der Waals surface area contributed by atoms with Crippen LogP contribution in [0.2, 0.25) is 0 Å². The largest absolute Gasteiger partial charge is 0.462 e. The first-order valence-electron chi connectivity index (χ1n) is 26.0. The molecule has 67 heavy (non-hydrogen) atoms. The Morgan fingerprint density at radius 2 is 0.567 bits per heavy atom. The van der Waals surface area contributed by atoms with Crippen LogP contribution in [-0.4, -0.2) is 37.2 Å². The van der Waals surface area contributed by atoms with Crippen LogP contribution < -0.4 is 0 Å². The molecule has 0 aromatic rings. The summed E-state index contributed by atoms with van der Waals surface area (Å²) in [5.74, 6) is -1.09. The van der Waals surface area contributed by atoms with Gasteiger partial charge in [0.2, 0.25) is 0 Å². The number of allylic oxidation sites excluding steroid dienone is 26. The van der Waals surface area contributed by atoms with Crippen LogP contribution in [0.15, 0.2) is 158 Å². The summed E-state index contributed by atoms with van der Waals surface area (Å²) in [6.07, 6.45) is 78.1. The van der Waals surface area contributed by atoms with Crippen molar-refractivity contribution >= 4 is 17.9 Å². The molecular formula is C61H92O6. The number of carbonyl (C=O) groups excluding carboxylic acids is 3. The standard InChI is InChI=1S/C61H92O6/c1-4-7-10-13-16-19-22-25-28-29-30-31-34-36-39-42-45-48-51-54-60(63)66-57-58(67-61(64)55-52-49-46-43-40-37-33-27-24-21-18-15-12-9-6-3)56-65-59(62)53-50-47-44-41-38-35-32-26-23-20-17-14-11-8-5-2/h7-12,16-21,25-28,30-33,36,39-40,43,45,48,58H,4-6,13-15,22-24,29,34-35,37-38,41-42,44,46-47,49-57H2,1-3H3/b10-7-,11-8-,12-9-,19-16-,20-17-,21-18-,28-25-,31-30-,32-26-,33-27-,39-36-,43-40-,48-45-. The Balaban J connectivity index is 4.63. The SMILES string of the molecule is CC/C=C\C/C=C\C/C=C\C/C=C\C/C=C\C/C=C\CCC(=O)OCC(COC(=O)CCCCCCC/C=C\C/C=C\C/C=C\CC)OC(=O)CCCC/C=C\C/C=C\C/C=C\C/C=C\CC. The highest BCUT2D eigenvalue weighted by molar-refractivity contribution is 5.71. The number of carbonyl (C=O) groups is 3. The average Bonchev–Trinajstić information content (AvgIpc) is 3.33. The first-order chi connectivity index (χ1) is 33.0. The number of unbranched alkanes of at least 4 members (excludes halogenated alkanes) is 7.